The normalized spacial score (nSPS) is 17.5. The van der Waals surface area contributed by atoms with Crippen LogP contribution in [0.25, 0.3) is 0 Å². The minimum atomic E-state index is -1.35. The number of hydrogen-bond acceptors (Lipinski definition) is 3. The predicted octanol–water partition coefficient (Wildman–Crippen LogP) is 1.95. The van der Waals surface area contributed by atoms with Crippen LogP contribution in [0.3, 0.4) is 0 Å². The van der Waals surface area contributed by atoms with Gasteiger partial charge in [0.2, 0.25) is 0 Å². The molecule has 0 spiro atoms. The third-order valence-electron chi connectivity index (χ3n) is 3.29. The first-order valence-electron chi connectivity index (χ1n) is 6.03. The summed E-state index contributed by atoms with van der Waals surface area (Å²) in [4.78, 5) is 23.5. The van der Waals surface area contributed by atoms with Gasteiger partial charge in [-0.2, -0.15) is 0 Å². The van der Waals surface area contributed by atoms with Gasteiger partial charge in [0.25, 0.3) is 5.91 Å². The summed E-state index contributed by atoms with van der Waals surface area (Å²) >= 11 is 2.99. The molecule has 0 radical (unpaired) electrons. The molecule has 1 amide bonds. The Labute approximate surface area is 123 Å². The Morgan fingerprint density at radius 1 is 1.35 bits per heavy atom. The fraction of sp³-hybridized carbons (Fsp3) is 0.385. The Kier molecular flexibility index (Phi) is 4.39. The van der Waals surface area contributed by atoms with Gasteiger partial charge in [0.1, 0.15) is 11.4 Å². The molecular formula is C13H13BrFNO4. The van der Waals surface area contributed by atoms with E-state index in [2.05, 4.69) is 21.2 Å². The summed E-state index contributed by atoms with van der Waals surface area (Å²) in [6, 6.07) is 3.90. The molecule has 1 aromatic rings. The van der Waals surface area contributed by atoms with Gasteiger partial charge in [-0.05, 0) is 34.1 Å². The molecular weight excluding hydrogens is 333 g/mol. The number of carbonyl (C=O) groups is 2. The van der Waals surface area contributed by atoms with Crippen molar-refractivity contribution in [1.82, 2.24) is 5.32 Å². The van der Waals surface area contributed by atoms with E-state index in [0.717, 1.165) is 6.07 Å². The van der Waals surface area contributed by atoms with Gasteiger partial charge in [0.15, 0.2) is 0 Å². The Bertz CT molecular complexity index is 543. The van der Waals surface area contributed by atoms with E-state index in [9.17, 15) is 19.1 Å². The van der Waals surface area contributed by atoms with Crippen LogP contribution < -0.4 is 5.32 Å². The zero-order valence-corrected chi connectivity index (χ0v) is 12.1. The average molecular weight is 346 g/mol. The van der Waals surface area contributed by atoms with Crippen molar-refractivity contribution in [2.45, 2.75) is 18.4 Å². The summed E-state index contributed by atoms with van der Waals surface area (Å²) in [6.07, 6.45) is 0.375. The van der Waals surface area contributed by atoms with Crippen molar-refractivity contribution in [3.05, 3.63) is 34.1 Å². The number of carbonyl (C=O) groups excluding carboxylic acids is 1. The summed E-state index contributed by atoms with van der Waals surface area (Å²) < 4.78 is 18.8. The molecule has 7 heteroatoms. The SMILES string of the molecule is O=C(NC1(C(=O)O)CCOCC1)c1ccc(Br)c(F)c1. The van der Waals surface area contributed by atoms with E-state index in [1.54, 1.807) is 0 Å². The largest absolute Gasteiger partial charge is 0.480 e. The van der Waals surface area contributed by atoms with Gasteiger partial charge >= 0.3 is 5.97 Å². The van der Waals surface area contributed by atoms with Crippen molar-refractivity contribution in [2.24, 2.45) is 0 Å². The molecule has 1 heterocycles. The maximum absolute atomic E-state index is 13.4. The summed E-state index contributed by atoms with van der Waals surface area (Å²) in [5.74, 6) is -2.29. The van der Waals surface area contributed by atoms with Gasteiger partial charge in [0, 0.05) is 31.6 Å². The molecule has 1 aliphatic rings. The molecule has 0 saturated carbocycles. The molecule has 1 saturated heterocycles. The van der Waals surface area contributed by atoms with Gasteiger partial charge in [-0.15, -0.1) is 0 Å². The lowest BCUT2D eigenvalue weighted by Crippen LogP contribution is -2.57. The van der Waals surface area contributed by atoms with Crippen molar-refractivity contribution in [2.75, 3.05) is 13.2 Å². The Hall–Kier alpha value is -1.47. The second-order valence-corrected chi connectivity index (χ2v) is 5.44. The number of nitrogens with one attached hydrogen (secondary N) is 1. The molecule has 1 fully saturated rings. The van der Waals surface area contributed by atoms with E-state index < -0.39 is 23.2 Å². The lowest BCUT2D eigenvalue weighted by molar-refractivity contribution is -0.148. The first-order valence-corrected chi connectivity index (χ1v) is 6.83. The van der Waals surface area contributed by atoms with Gasteiger partial charge in [-0.3, -0.25) is 4.79 Å². The molecule has 0 aliphatic carbocycles. The molecule has 2 rings (SSSR count). The number of hydrogen-bond donors (Lipinski definition) is 2. The molecule has 0 atom stereocenters. The fourth-order valence-electron chi connectivity index (χ4n) is 2.04. The van der Waals surface area contributed by atoms with Gasteiger partial charge in [0.05, 0.1) is 4.47 Å². The van der Waals surface area contributed by atoms with Crippen LogP contribution in [-0.2, 0) is 9.53 Å². The number of ether oxygens (including phenoxy) is 1. The summed E-state index contributed by atoms with van der Waals surface area (Å²) in [5.41, 5.74) is -1.27. The van der Waals surface area contributed by atoms with Crippen LogP contribution in [0.4, 0.5) is 4.39 Å². The maximum Gasteiger partial charge on any atom is 0.329 e. The summed E-state index contributed by atoms with van der Waals surface area (Å²) in [6.45, 7) is 0.530. The summed E-state index contributed by atoms with van der Waals surface area (Å²) in [7, 11) is 0. The van der Waals surface area contributed by atoms with E-state index in [1.165, 1.54) is 12.1 Å². The van der Waals surface area contributed by atoms with Crippen molar-refractivity contribution < 1.29 is 23.8 Å². The van der Waals surface area contributed by atoms with Crippen molar-refractivity contribution in [3.8, 4) is 0 Å². The molecule has 108 valence electrons. The van der Waals surface area contributed by atoms with Crippen LogP contribution in [0.1, 0.15) is 23.2 Å². The van der Waals surface area contributed by atoms with Crippen LogP contribution in [0.5, 0.6) is 0 Å². The number of carboxylic acids is 1. The highest BCUT2D eigenvalue weighted by atomic mass is 79.9. The van der Waals surface area contributed by atoms with Crippen LogP contribution >= 0.6 is 15.9 Å². The third kappa shape index (κ3) is 2.99. The highest BCUT2D eigenvalue weighted by molar-refractivity contribution is 9.10. The fourth-order valence-corrected chi connectivity index (χ4v) is 2.29. The molecule has 0 unspecified atom stereocenters. The number of aliphatic carboxylic acids is 1. The van der Waals surface area contributed by atoms with Crippen molar-refractivity contribution in [1.29, 1.82) is 0 Å². The molecule has 0 aromatic heterocycles. The van der Waals surface area contributed by atoms with Gasteiger partial charge in [-0.1, -0.05) is 0 Å². The van der Waals surface area contributed by atoms with Crippen molar-refractivity contribution >= 4 is 27.8 Å². The molecule has 0 bridgehead atoms. The minimum absolute atomic E-state index is 0.0813. The number of halogens is 2. The average Bonchev–Trinajstić information content (AvgIpc) is 2.42. The predicted molar refractivity (Wildman–Crippen MR) is 72.0 cm³/mol. The van der Waals surface area contributed by atoms with Crippen LogP contribution in [-0.4, -0.2) is 35.7 Å². The second kappa shape index (κ2) is 5.88. The number of carboxylic acid groups (broad SMARTS) is 1. The topological polar surface area (TPSA) is 75.6 Å². The van der Waals surface area contributed by atoms with Crippen LogP contribution in [0.2, 0.25) is 0 Å². The van der Waals surface area contributed by atoms with Crippen molar-refractivity contribution in [3.63, 3.8) is 0 Å². The van der Waals surface area contributed by atoms with Gasteiger partial charge in [-0.25, -0.2) is 9.18 Å². The molecule has 1 aliphatic heterocycles. The molecule has 5 nitrogen and oxygen atoms in total. The maximum atomic E-state index is 13.4. The number of amides is 1. The second-order valence-electron chi connectivity index (χ2n) is 4.58. The highest BCUT2D eigenvalue weighted by Crippen LogP contribution is 2.22. The lowest BCUT2D eigenvalue weighted by atomic mass is 9.89. The van der Waals surface area contributed by atoms with Gasteiger partial charge < -0.3 is 15.2 Å². The number of benzene rings is 1. The molecule has 20 heavy (non-hydrogen) atoms. The van der Waals surface area contributed by atoms with E-state index in [0.29, 0.717) is 0 Å². The molecule has 1 aromatic carbocycles. The first-order chi connectivity index (χ1) is 9.44. The van der Waals surface area contributed by atoms with Crippen LogP contribution in [0.15, 0.2) is 22.7 Å². The quantitative estimate of drug-likeness (QED) is 0.877. The zero-order valence-electron chi connectivity index (χ0n) is 10.5. The Morgan fingerprint density at radius 2 is 2.00 bits per heavy atom. The molecule has 2 N–H and O–H groups in total. The van der Waals surface area contributed by atoms with E-state index >= 15 is 0 Å². The zero-order chi connectivity index (χ0) is 14.8. The minimum Gasteiger partial charge on any atom is -0.480 e. The van der Waals surface area contributed by atoms with Crippen LogP contribution in [0, 0.1) is 5.82 Å². The number of rotatable bonds is 3. The highest BCUT2D eigenvalue weighted by Gasteiger charge is 2.41. The first kappa shape index (κ1) is 14.9. The Morgan fingerprint density at radius 3 is 2.55 bits per heavy atom. The van der Waals surface area contributed by atoms with E-state index in [1.807, 2.05) is 0 Å². The summed E-state index contributed by atoms with van der Waals surface area (Å²) in [5, 5.41) is 11.8. The Balaban J connectivity index is 2.20. The van der Waals surface area contributed by atoms with E-state index in [-0.39, 0.29) is 36.1 Å². The lowest BCUT2D eigenvalue weighted by Gasteiger charge is -2.33. The third-order valence-corrected chi connectivity index (χ3v) is 3.93. The monoisotopic (exact) mass is 345 g/mol. The smallest absolute Gasteiger partial charge is 0.329 e. The standard InChI is InChI=1S/C13H13BrFNO4/c14-9-2-1-8(7-10(9)15)11(17)16-13(12(18)19)3-5-20-6-4-13/h1-2,7H,3-6H2,(H,16,17)(H,18,19). The van der Waals surface area contributed by atoms with E-state index in [4.69, 9.17) is 4.74 Å².